The molecule has 0 amide bonds. The Morgan fingerprint density at radius 2 is 2.44 bits per heavy atom. The molecule has 2 rings (SSSR count). The predicted molar refractivity (Wildman–Crippen MR) is 68.0 cm³/mol. The van der Waals surface area contributed by atoms with Crippen LogP contribution in [-0.2, 0) is 11.2 Å². The molecule has 96 valence electrons. The Bertz CT molecular complexity index is 456. The molecule has 1 atom stereocenters. The fraction of sp³-hybridized carbons (Fsp3) is 0.583. The van der Waals surface area contributed by atoms with E-state index in [1.54, 1.807) is 0 Å². The monoisotopic (exact) mass is 247 g/mol. The minimum Gasteiger partial charge on any atom is -0.383 e. The molecule has 1 unspecified atom stereocenters. The third-order valence-corrected chi connectivity index (χ3v) is 2.97. The molecule has 0 aliphatic carbocycles. The van der Waals surface area contributed by atoms with Crippen LogP contribution in [-0.4, -0.2) is 35.8 Å². The van der Waals surface area contributed by atoms with Crippen molar-refractivity contribution in [1.29, 1.82) is 5.26 Å². The maximum Gasteiger partial charge on any atom is 0.161 e. The van der Waals surface area contributed by atoms with Crippen LogP contribution in [0.1, 0.15) is 18.9 Å². The lowest BCUT2D eigenvalue weighted by molar-refractivity contribution is 0.0761. The number of hydrogen-bond acceptors (Lipinski definition) is 6. The molecule has 1 fully saturated rings. The molecule has 1 aromatic heterocycles. The Hall–Kier alpha value is -1.87. The third kappa shape index (κ3) is 2.51. The number of nitrogen functional groups attached to an aromatic ring is 1. The zero-order valence-corrected chi connectivity index (χ0v) is 10.5. The average molecular weight is 247 g/mol. The van der Waals surface area contributed by atoms with Crippen molar-refractivity contribution in [2.75, 3.05) is 30.3 Å². The van der Waals surface area contributed by atoms with Gasteiger partial charge in [0.05, 0.1) is 19.2 Å². The molecule has 1 aliphatic heterocycles. The largest absolute Gasteiger partial charge is 0.383 e. The van der Waals surface area contributed by atoms with Crippen molar-refractivity contribution in [3.8, 4) is 6.07 Å². The molecule has 0 radical (unpaired) electrons. The summed E-state index contributed by atoms with van der Waals surface area (Å²) in [6, 6.07) is 2.13. The van der Waals surface area contributed by atoms with Gasteiger partial charge in [0.2, 0.25) is 0 Å². The SMILES string of the molecule is CCCc1c(N)ncnc1N1CCOC(C#N)C1. The zero-order chi connectivity index (χ0) is 13.0. The van der Waals surface area contributed by atoms with Crippen LogP contribution in [0.2, 0.25) is 0 Å². The number of nitrogens with zero attached hydrogens (tertiary/aromatic N) is 4. The van der Waals surface area contributed by atoms with Crippen LogP contribution >= 0.6 is 0 Å². The summed E-state index contributed by atoms with van der Waals surface area (Å²) in [5.74, 6) is 1.37. The van der Waals surface area contributed by atoms with Gasteiger partial charge in [0.15, 0.2) is 6.10 Å². The van der Waals surface area contributed by atoms with Gasteiger partial charge in [-0.15, -0.1) is 0 Å². The molecule has 2 heterocycles. The van der Waals surface area contributed by atoms with E-state index in [1.165, 1.54) is 6.33 Å². The fourth-order valence-corrected chi connectivity index (χ4v) is 2.10. The Labute approximate surface area is 106 Å². The lowest BCUT2D eigenvalue weighted by Gasteiger charge is -2.32. The van der Waals surface area contributed by atoms with Crippen molar-refractivity contribution in [3.63, 3.8) is 0 Å². The Morgan fingerprint density at radius 3 is 3.17 bits per heavy atom. The summed E-state index contributed by atoms with van der Waals surface area (Å²) >= 11 is 0. The van der Waals surface area contributed by atoms with Gasteiger partial charge >= 0.3 is 0 Å². The van der Waals surface area contributed by atoms with Crippen molar-refractivity contribution >= 4 is 11.6 Å². The van der Waals surface area contributed by atoms with Crippen molar-refractivity contribution in [2.45, 2.75) is 25.9 Å². The van der Waals surface area contributed by atoms with E-state index < -0.39 is 6.10 Å². The molecule has 6 nitrogen and oxygen atoms in total. The van der Waals surface area contributed by atoms with Gasteiger partial charge in [-0.1, -0.05) is 13.3 Å². The highest BCUT2D eigenvalue weighted by molar-refractivity contribution is 5.57. The maximum atomic E-state index is 8.92. The second-order valence-corrected chi connectivity index (χ2v) is 4.25. The first-order valence-electron chi connectivity index (χ1n) is 6.11. The summed E-state index contributed by atoms with van der Waals surface area (Å²) in [5.41, 5.74) is 6.88. The second kappa shape index (κ2) is 5.65. The van der Waals surface area contributed by atoms with E-state index in [0.717, 1.165) is 30.8 Å². The van der Waals surface area contributed by atoms with Crippen LogP contribution in [0.25, 0.3) is 0 Å². The van der Waals surface area contributed by atoms with Crippen molar-refractivity contribution in [3.05, 3.63) is 11.9 Å². The first kappa shape index (κ1) is 12.6. The Morgan fingerprint density at radius 1 is 1.61 bits per heavy atom. The van der Waals surface area contributed by atoms with Crippen LogP contribution in [0, 0.1) is 11.3 Å². The zero-order valence-electron chi connectivity index (χ0n) is 10.5. The highest BCUT2D eigenvalue weighted by atomic mass is 16.5. The quantitative estimate of drug-likeness (QED) is 0.847. The van der Waals surface area contributed by atoms with E-state index in [-0.39, 0.29) is 0 Å². The highest BCUT2D eigenvalue weighted by Gasteiger charge is 2.23. The van der Waals surface area contributed by atoms with Crippen LogP contribution < -0.4 is 10.6 Å². The topological polar surface area (TPSA) is 88.1 Å². The minimum atomic E-state index is -0.399. The van der Waals surface area contributed by atoms with Gasteiger partial charge in [-0.25, -0.2) is 9.97 Å². The maximum absolute atomic E-state index is 8.92. The molecule has 1 aromatic rings. The van der Waals surface area contributed by atoms with Crippen molar-refractivity contribution < 1.29 is 4.74 Å². The van der Waals surface area contributed by atoms with E-state index in [4.69, 9.17) is 15.7 Å². The van der Waals surface area contributed by atoms with Crippen molar-refractivity contribution in [1.82, 2.24) is 9.97 Å². The molecule has 0 spiro atoms. The van der Waals surface area contributed by atoms with E-state index in [0.29, 0.717) is 19.0 Å². The molecule has 1 saturated heterocycles. The van der Waals surface area contributed by atoms with E-state index >= 15 is 0 Å². The Kier molecular flexibility index (Phi) is 3.95. The number of ether oxygens (including phenoxy) is 1. The molecule has 1 aliphatic rings. The van der Waals surface area contributed by atoms with Gasteiger partial charge in [0, 0.05) is 12.1 Å². The lowest BCUT2D eigenvalue weighted by atomic mass is 10.1. The van der Waals surface area contributed by atoms with Crippen molar-refractivity contribution in [2.24, 2.45) is 0 Å². The number of anilines is 2. The number of hydrogen-bond donors (Lipinski definition) is 1. The molecule has 18 heavy (non-hydrogen) atoms. The molecule has 0 aromatic carbocycles. The van der Waals surface area contributed by atoms with E-state index in [1.807, 2.05) is 0 Å². The summed E-state index contributed by atoms with van der Waals surface area (Å²) in [7, 11) is 0. The molecule has 0 bridgehead atoms. The summed E-state index contributed by atoms with van der Waals surface area (Å²) < 4.78 is 5.33. The molecule has 0 saturated carbocycles. The van der Waals surface area contributed by atoms with Crippen LogP contribution in [0.5, 0.6) is 0 Å². The second-order valence-electron chi connectivity index (χ2n) is 4.25. The smallest absolute Gasteiger partial charge is 0.161 e. The molecular weight excluding hydrogens is 230 g/mol. The number of nitrogens with two attached hydrogens (primary N) is 1. The first-order chi connectivity index (χ1) is 8.76. The van der Waals surface area contributed by atoms with Gasteiger partial charge in [0.25, 0.3) is 0 Å². The summed E-state index contributed by atoms with van der Waals surface area (Å²) in [6.45, 7) is 3.89. The first-order valence-corrected chi connectivity index (χ1v) is 6.11. The number of morpholine rings is 1. The third-order valence-electron chi connectivity index (χ3n) is 2.97. The van der Waals surface area contributed by atoms with Crippen LogP contribution in [0.15, 0.2) is 6.33 Å². The number of rotatable bonds is 3. The highest BCUT2D eigenvalue weighted by Crippen LogP contribution is 2.24. The van der Waals surface area contributed by atoms with Gasteiger partial charge in [-0.2, -0.15) is 5.26 Å². The van der Waals surface area contributed by atoms with E-state index in [9.17, 15) is 0 Å². The van der Waals surface area contributed by atoms with Gasteiger partial charge < -0.3 is 15.4 Å². The molecule has 2 N–H and O–H groups in total. The standard InChI is InChI=1S/C12H17N5O/c1-2-3-10-11(14)15-8-16-12(10)17-4-5-18-9(6-13)7-17/h8-9H,2-5,7H2,1H3,(H2,14,15,16). The number of nitriles is 1. The van der Waals surface area contributed by atoms with Gasteiger partial charge in [-0.3, -0.25) is 0 Å². The lowest BCUT2D eigenvalue weighted by Crippen LogP contribution is -2.42. The molecule has 6 heteroatoms. The van der Waals surface area contributed by atoms with Crippen LogP contribution in [0.3, 0.4) is 0 Å². The Balaban J connectivity index is 2.27. The number of aromatic nitrogens is 2. The minimum absolute atomic E-state index is 0.399. The predicted octanol–water partition coefficient (Wildman–Crippen LogP) is 0.740. The normalized spacial score (nSPS) is 19.6. The summed E-state index contributed by atoms with van der Waals surface area (Å²) in [4.78, 5) is 10.4. The fourth-order valence-electron chi connectivity index (χ4n) is 2.10. The van der Waals surface area contributed by atoms with Gasteiger partial charge in [0.1, 0.15) is 18.0 Å². The van der Waals surface area contributed by atoms with E-state index in [2.05, 4.69) is 27.9 Å². The van der Waals surface area contributed by atoms with Gasteiger partial charge in [-0.05, 0) is 6.42 Å². The molecular formula is C12H17N5O. The van der Waals surface area contributed by atoms with Crippen LogP contribution in [0.4, 0.5) is 11.6 Å². The average Bonchev–Trinajstić information content (AvgIpc) is 2.41. The summed E-state index contributed by atoms with van der Waals surface area (Å²) in [5, 5.41) is 8.92. The summed E-state index contributed by atoms with van der Waals surface area (Å²) in [6.07, 6.45) is 2.90.